The predicted octanol–water partition coefficient (Wildman–Crippen LogP) is 5.90. The van der Waals surface area contributed by atoms with Crippen LogP contribution in [0.1, 0.15) is 45.7 Å². The number of ether oxygens (including phenoxy) is 1. The molecule has 2 aromatic carbocycles. The van der Waals surface area contributed by atoms with Gasteiger partial charge in [0, 0.05) is 12.7 Å². The molecule has 0 unspecified atom stereocenters. The van der Waals surface area contributed by atoms with Crippen LogP contribution in [0.25, 0.3) is 11.1 Å². The maximum Gasteiger partial charge on any atom is 0.131 e. The van der Waals surface area contributed by atoms with E-state index in [0.717, 1.165) is 25.5 Å². The van der Waals surface area contributed by atoms with Gasteiger partial charge in [-0.15, -0.1) is 0 Å². The van der Waals surface area contributed by atoms with Crippen LogP contribution in [0.2, 0.25) is 0 Å². The van der Waals surface area contributed by atoms with Gasteiger partial charge in [-0.25, -0.2) is 4.39 Å². The van der Waals surface area contributed by atoms with E-state index in [1.807, 2.05) is 0 Å². The molecule has 3 heteroatoms. The largest absolute Gasteiger partial charge is 0.497 e. The number of methoxy groups -OCH3 is 1. The number of rotatable bonds is 5. The molecule has 0 atom stereocenters. The summed E-state index contributed by atoms with van der Waals surface area (Å²) in [6.45, 7) is 11.1. The third-order valence-electron chi connectivity index (χ3n) is 4.00. The zero-order valence-electron chi connectivity index (χ0n) is 17.2. The van der Waals surface area contributed by atoms with E-state index < -0.39 is 0 Å². The molecular weight excluding hydrogens is 327 g/mol. The summed E-state index contributed by atoms with van der Waals surface area (Å²) in [4.78, 5) is 0. The third kappa shape index (κ3) is 6.45. The molecule has 1 N–H and O–H groups in total. The van der Waals surface area contributed by atoms with E-state index in [1.165, 1.54) is 17.2 Å². The minimum Gasteiger partial charge on any atom is -0.497 e. The first-order valence-corrected chi connectivity index (χ1v) is 9.10. The lowest BCUT2D eigenvalue weighted by Gasteiger charge is -2.22. The number of hydrogen-bond donors (Lipinski definition) is 1. The molecule has 2 rings (SSSR count). The molecule has 0 amide bonds. The van der Waals surface area contributed by atoms with Crippen molar-refractivity contribution in [2.45, 2.75) is 47.5 Å². The second-order valence-electron chi connectivity index (χ2n) is 8.17. The highest BCUT2D eigenvalue weighted by molar-refractivity contribution is 5.70. The smallest absolute Gasteiger partial charge is 0.131 e. The van der Waals surface area contributed by atoms with E-state index in [0.29, 0.717) is 17.2 Å². The van der Waals surface area contributed by atoms with Gasteiger partial charge in [0.15, 0.2) is 0 Å². The van der Waals surface area contributed by atoms with Gasteiger partial charge in [0.2, 0.25) is 0 Å². The van der Waals surface area contributed by atoms with Crippen LogP contribution in [-0.2, 0) is 12.8 Å². The normalized spacial score (nSPS) is 11.2. The summed E-state index contributed by atoms with van der Waals surface area (Å²) in [6.07, 6.45) is 1.95. The second kappa shape index (κ2) is 9.72. The highest BCUT2D eigenvalue weighted by Crippen LogP contribution is 2.34. The maximum atomic E-state index is 14.5. The molecule has 0 aliphatic rings. The Morgan fingerprint density at radius 2 is 1.65 bits per heavy atom. The topological polar surface area (TPSA) is 29.5 Å². The minimum atomic E-state index is -0.206. The first kappa shape index (κ1) is 22.2. The van der Waals surface area contributed by atoms with Crippen molar-refractivity contribution in [3.8, 4) is 16.9 Å². The summed E-state index contributed by atoms with van der Waals surface area (Å²) < 4.78 is 19.7. The predicted molar refractivity (Wildman–Crippen MR) is 108 cm³/mol. The van der Waals surface area contributed by atoms with Crippen LogP contribution in [-0.4, -0.2) is 19.3 Å². The first-order chi connectivity index (χ1) is 12.2. The van der Waals surface area contributed by atoms with E-state index in [2.05, 4.69) is 52.8 Å². The van der Waals surface area contributed by atoms with Gasteiger partial charge >= 0.3 is 0 Å². The molecule has 0 heterocycles. The lowest BCUT2D eigenvalue weighted by Crippen LogP contribution is -2.11. The van der Waals surface area contributed by atoms with E-state index in [-0.39, 0.29) is 11.2 Å². The fourth-order valence-corrected chi connectivity index (χ4v) is 3.06. The Bertz CT molecular complexity index is 700. The molecule has 2 aromatic rings. The second-order valence-corrected chi connectivity index (χ2v) is 8.17. The van der Waals surface area contributed by atoms with Gasteiger partial charge < -0.3 is 9.84 Å². The Morgan fingerprint density at radius 3 is 2.19 bits per heavy atom. The highest BCUT2D eigenvalue weighted by Gasteiger charge is 2.18. The summed E-state index contributed by atoms with van der Waals surface area (Å²) >= 11 is 0. The molecule has 0 radical (unpaired) electrons. The monoisotopic (exact) mass is 360 g/mol. The van der Waals surface area contributed by atoms with Crippen LogP contribution < -0.4 is 4.74 Å². The standard InChI is InChI=1S/C22H29FO.CH4O/c1-15(2)11-16-7-9-19(17(12-16)14-22(3,4)5)20-13-18(24-6)8-10-21(20)23;1-2/h7-10,12-13,15H,11,14H2,1-6H3;2H,1H3. The van der Waals surface area contributed by atoms with Crippen LogP contribution >= 0.6 is 0 Å². The Morgan fingerprint density at radius 1 is 1.00 bits per heavy atom. The number of aliphatic hydroxyl groups is 1. The molecule has 0 spiro atoms. The quantitative estimate of drug-likeness (QED) is 0.719. The fraction of sp³-hybridized carbons (Fsp3) is 0.478. The molecule has 0 saturated carbocycles. The Labute approximate surface area is 158 Å². The molecule has 0 bridgehead atoms. The number of benzene rings is 2. The molecule has 0 aliphatic heterocycles. The maximum absolute atomic E-state index is 14.5. The van der Waals surface area contributed by atoms with Crippen molar-refractivity contribution in [1.82, 2.24) is 0 Å². The summed E-state index contributed by atoms with van der Waals surface area (Å²) in [6, 6.07) is 11.4. The lowest BCUT2D eigenvalue weighted by molar-refractivity contribution is 0.399. The number of halogens is 1. The van der Waals surface area contributed by atoms with Crippen LogP contribution in [0.5, 0.6) is 5.75 Å². The van der Waals surface area contributed by atoms with Crippen molar-refractivity contribution in [3.05, 3.63) is 53.3 Å². The summed E-state index contributed by atoms with van der Waals surface area (Å²) in [7, 11) is 2.61. The van der Waals surface area contributed by atoms with E-state index >= 15 is 0 Å². The average molecular weight is 361 g/mol. The van der Waals surface area contributed by atoms with Gasteiger partial charge in [0.25, 0.3) is 0 Å². The molecule has 26 heavy (non-hydrogen) atoms. The van der Waals surface area contributed by atoms with Crippen LogP contribution in [0.3, 0.4) is 0 Å². The molecule has 2 nitrogen and oxygen atoms in total. The first-order valence-electron chi connectivity index (χ1n) is 9.10. The van der Waals surface area contributed by atoms with E-state index in [4.69, 9.17) is 9.84 Å². The van der Waals surface area contributed by atoms with Gasteiger partial charge in [-0.05, 0) is 59.1 Å². The summed E-state index contributed by atoms with van der Waals surface area (Å²) in [5.41, 5.74) is 4.24. The van der Waals surface area contributed by atoms with Gasteiger partial charge in [-0.1, -0.05) is 52.8 Å². The molecule has 0 aromatic heterocycles. The number of hydrogen-bond acceptors (Lipinski definition) is 2. The van der Waals surface area contributed by atoms with Gasteiger partial charge in [0.1, 0.15) is 11.6 Å². The van der Waals surface area contributed by atoms with Crippen molar-refractivity contribution in [3.63, 3.8) is 0 Å². The zero-order chi connectivity index (χ0) is 19.9. The van der Waals surface area contributed by atoms with E-state index in [9.17, 15) is 4.39 Å². The summed E-state index contributed by atoms with van der Waals surface area (Å²) in [5.74, 6) is 1.08. The molecule has 0 fully saturated rings. The SMILES string of the molecule is CO.COc1ccc(F)c(-c2ccc(CC(C)C)cc2CC(C)(C)C)c1. The van der Waals surface area contributed by atoms with Crippen molar-refractivity contribution < 1.29 is 14.2 Å². The van der Waals surface area contributed by atoms with Crippen LogP contribution in [0.15, 0.2) is 36.4 Å². The summed E-state index contributed by atoms with van der Waals surface area (Å²) in [5, 5.41) is 7.00. The van der Waals surface area contributed by atoms with Gasteiger partial charge in [-0.3, -0.25) is 0 Å². The molecule has 0 aliphatic carbocycles. The van der Waals surface area contributed by atoms with Crippen LogP contribution in [0.4, 0.5) is 4.39 Å². The lowest BCUT2D eigenvalue weighted by atomic mass is 9.83. The average Bonchev–Trinajstić information content (AvgIpc) is 2.56. The number of aliphatic hydroxyl groups excluding tert-OH is 1. The van der Waals surface area contributed by atoms with Gasteiger partial charge in [0.05, 0.1) is 7.11 Å². The van der Waals surface area contributed by atoms with E-state index in [1.54, 1.807) is 19.2 Å². The van der Waals surface area contributed by atoms with Crippen LogP contribution in [0, 0.1) is 17.2 Å². The van der Waals surface area contributed by atoms with Crippen molar-refractivity contribution in [2.24, 2.45) is 11.3 Å². The third-order valence-corrected chi connectivity index (χ3v) is 4.00. The minimum absolute atomic E-state index is 0.139. The Kier molecular flexibility index (Phi) is 8.29. The van der Waals surface area contributed by atoms with Crippen molar-refractivity contribution >= 4 is 0 Å². The zero-order valence-corrected chi connectivity index (χ0v) is 17.2. The Hall–Kier alpha value is -1.87. The fourth-order valence-electron chi connectivity index (χ4n) is 3.06. The Balaban J connectivity index is 0.00000163. The van der Waals surface area contributed by atoms with Gasteiger partial charge in [-0.2, -0.15) is 0 Å². The molecular formula is C23H33FO2. The van der Waals surface area contributed by atoms with Crippen molar-refractivity contribution in [1.29, 1.82) is 0 Å². The van der Waals surface area contributed by atoms with Crippen molar-refractivity contribution in [2.75, 3.05) is 14.2 Å². The molecule has 0 saturated heterocycles. The highest BCUT2D eigenvalue weighted by atomic mass is 19.1. The molecule has 144 valence electrons.